The van der Waals surface area contributed by atoms with Crippen LogP contribution in [0.1, 0.15) is 36.9 Å². The van der Waals surface area contributed by atoms with Gasteiger partial charge in [-0.05, 0) is 67.8 Å². The maximum Gasteiger partial charge on any atom is 0.240 e. The van der Waals surface area contributed by atoms with E-state index in [1.54, 1.807) is 16.8 Å². The third-order valence-corrected chi connectivity index (χ3v) is 7.30. The number of rotatable bonds is 9. The van der Waals surface area contributed by atoms with Crippen molar-refractivity contribution in [1.29, 1.82) is 0 Å². The number of halogens is 2. The number of nitrogens with one attached hydrogen (secondary N) is 1. The highest BCUT2D eigenvalue weighted by atomic mass is 35.5. The maximum atomic E-state index is 12.9. The number of carbonyl (C=O) groups is 1. The molecule has 0 saturated carbocycles. The molecule has 2 fully saturated rings. The lowest BCUT2D eigenvalue weighted by molar-refractivity contribution is -0.125. The van der Waals surface area contributed by atoms with Crippen LogP contribution < -0.4 is 10.2 Å². The number of amides is 1. The SMILES string of the molecule is Cc1c(CC(=O)NN2CCCCC2)nn(-c2ccc(Cl)cc2Cl)c1-c1ccc(OCCC2OCCO2)cc1. The number of piperidine rings is 1. The van der Waals surface area contributed by atoms with E-state index in [1.807, 2.05) is 42.3 Å². The Labute approximate surface area is 232 Å². The van der Waals surface area contributed by atoms with E-state index in [1.165, 1.54) is 6.42 Å². The van der Waals surface area contributed by atoms with Crippen molar-refractivity contribution in [3.63, 3.8) is 0 Å². The number of benzene rings is 2. The van der Waals surface area contributed by atoms with Gasteiger partial charge in [0.25, 0.3) is 0 Å². The van der Waals surface area contributed by atoms with E-state index in [0.717, 1.165) is 48.5 Å². The largest absolute Gasteiger partial charge is 0.493 e. The summed E-state index contributed by atoms with van der Waals surface area (Å²) >= 11 is 12.7. The molecule has 5 rings (SSSR count). The normalized spacial score (nSPS) is 16.6. The van der Waals surface area contributed by atoms with E-state index in [9.17, 15) is 4.79 Å². The van der Waals surface area contributed by atoms with Crippen LogP contribution >= 0.6 is 23.2 Å². The fourth-order valence-corrected chi connectivity index (χ4v) is 5.29. The molecule has 0 radical (unpaired) electrons. The van der Waals surface area contributed by atoms with E-state index in [0.29, 0.717) is 47.7 Å². The fourth-order valence-electron chi connectivity index (χ4n) is 4.80. The van der Waals surface area contributed by atoms with Crippen molar-refractivity contribution in [1.82, 2.24) is 20.2 Å². The van der Waals surface area contributed by atoms with E-state index < -0.39 is 0 Å². The zero-order valence-electron chi connectivity index (χ0n) is 21.4. The van der Waals surface area contributed by atoms with E-state index in [4.69, 9.17) is 42.5 Å². The molecule has 202 valence electrons. The van der Waals surface area contributed by atoms with Crippen molar-refractivity contribution in [3.8, 4) is 22.7 Å². The first-order valence-electron chi connectivity index (χ1n) is 13.0. The molecule has 0 atom stereocenters. The minimum absolute atomic E-state index is 0.0765. The van der Waals surface area contributed by atoms with Gasteiger partial charge < -0.3 is 14.2 Å². The molecule has 2 saturated heterocycles. The third-order valence-electron chi connectivity index (χ3n) is 6.77. The molecule has 3 heterocycles. The summed E-state index contributed by atoms with van der Waals surface area (Å²) < 4.78 is 18.6. The second kappa shape index (κ2) is 12.5. The second-order valence-electron chi connectivity index (χ2n) is 9.52. The second-order valence-corrected chi connectivity index (χ2v) is 10.4. The number of hydrogen-bond acceptors (Lipinski definition) is 6. The Bertz CT molecular complexity index is 1250. The van der Waals surface area contributed by atoms with Crippen molar-refractivity contribution >= 4 is 29.1 Å². The van der Waals surface area contributed by atoms with Gasteiger partial charge in [0.2, 0.25) is 5.91 Å². The van der Waals surface area contributed by atoms with Gasteiger partial charge in [0, 0.05) is 30.1 Å². The molecule has 10 heteroatoms. The molecule has 38 heavy (non-hydrogen) atoms. The quantitative estimate of drug-likeness (QED) is 0.381. The molecule has 1 N–H and O–H groups in total. The molecule has 2 aromatic carbocycles. The molecule has 2 aliphatic heterocycles. The zero-order chi connectivity index (χ0) is 26.5. The van der Waals surface area contributed by atoms with E-state index in [-0.39, 0.29) is 18.6 Å². The molecule has 8 nitrogen and oxygen atoms in total. The molecule has 0 aliphatic carbocycles. The first-order valence-corrected chi connectivity index (χ1v) is 13.8. The Morgan fingerprint density at radius 3 is 2.53 bits per heavy atom. The molecular weight excluding hydrogens is 527 g/mol. The first-order chi connectivity index (χ1) is 18.5. The average Bonchev–Trinajstić information content (AvgIpc) is 3.53. The number of hydrazine groups is 1. The summed E-state index contributed by atoms with van der Waals surface area (Å²) in [4.78, 5) is 12.9. The fraction of sp³-hybridized carbons (Fsp3) is 0.429. The van der Waals surface area contributed by atoms with Crippen molar-refractivity contribution in [3.05, 3.63) is 63.8 Å². The van der Waals surface area contributed by atoms with E-state index >= 15 is 0 Å². The highest BCUT2D eigenvalue weighted by Gasteiger charge is 2.22. The summed E-state index contributed by atoms with van der Waals surface area (Å²) in [6.45, 7) is 5.49. The van der Waals surface area contributed by atoms with Gasteiger partial charge in [-0.2, -0.15) is 5.10 Å². The summed E-state index contributed by atoms with van der Waals surface area (Å²) in [6.07, 6.45) is 4.03. The van der Waals surface area contributed by atoms with Crippen LogP contribution in [0.15, 0.2) is 42.5 Å². The maximum absolute atomic E-state index is 12.9. The van der Waals surface area contributed by atoms with Crippen molar-refractivity contribution in [2.24, 2.45) is 0 Å². The lowest BCUT2D eigenvalue weighted by Crippen LogP contribution is -2.45. The van der Waals surface area contributed by atoms with Crippen molar-refractivity contribution < 1.29 is 19.0 Å². The summed E-state index contributed by atoms with van der Waals surface area (Å²) in [6, 6.07) is 13.1. The molecule has 2 aliphatic rings. The Kier molecular flexibility index (Phi) is 8.86. The standard InChI is InChI=1S/C28H32Cl2N4O4/c1-19-24(18-26(35)32-33-12-3-2-4-13-33)31-34(25-10-7-21(29)17-23(25)30)28(19)20-5-8-22(9-6-20)36-14-11-27-37-15-16-38-27/h5-10,17,27H,2-4,11-16,18H2,1H3,(H,32,35). The predicted octanol–water partition coefficient (Wildman–Crippen LogP) is 5.36. The molecule has 0 bridgehead atoms. The van der Waals surface area contributed by atoms with Crippen LogP contribution in [0.4, 0.5) is 0 Å². The van der Waals surface area contributed by atoms with Gasteiger partial charge in [0.1, 0.15) is 5.75 Å². The van der Waals surface area contributed by atoms with Gasteiger partial charge in [-0.3, -0.25) is 10.2 Å². The highest BCUT2D eigenvalue weighted by Crippen LogP contribution is 2.33. The summed E-state index contributed by atoms with van der Waals surface area (Å²) in [5, 5.41) is 7.86. The van der Waals surface area contributed by atoms with Crippen LogP contribution in [0, 0.1) is 6.92 Å². The smallest absolute Gasteiger partial charge is 0.240 e. The Morgan fingerprint density at radius 1 is 1.08 bits per heavy atom. The highest BCUT2D eigenvalue weighted by molar-refractivity contribution is 6.35. The number of hydrogen-bond donors (Lipinski definition) is 1. The molecule has 0 spiro atoms. The number of ether oxygens (including phenoxy) is 3. The molecule has 3 aromatic rings. The van der Waals surface area contributed by atoms with Crippen LogP contribution in [-0.4, -0.2) is 59.9 Å². The van der Waals surface area contributed by atoms with Gasteiger partial charge in [-0.25, -0.2) is 9.69 Å². The van der Waals surface area contributed by atoms with Crippen LogP contribution in [0.25, 0.3) is 16.9 Å². The average molecular weight is 559 g/mol. The van der Waals surface area contributed by atoms with Crippen LogP contribution in [-0.2, 0) is 20.7 Å². The van der Waals surface area contributed by atoms with Crippen LogP contribution in [0.5, 0.6) is 5.75 Å². The molecule has 1 aromatic heterocycles. The topological polar surface area (TPSA) is 77.9 Å². The van der Waals surface area contributed by atoms with Crippen molar-refractivity contribution in [2.45, 2.75) is 45.3 Å². The monoisotopic (exact) mass is 558 g/mol. The summed E-state index contributed by atoms with van der Waals surface area (Å²) in [5.74, 6) is 0.675. The van der Waals surface area contributed by atoms with Gasteiger partial charge >= 0.3 is 0 Å². The summed E-state index contributed by atoms with van der Waals surface area (Å²) in [7, 11) is 0. The third kappa shape index (κ3) is 6.50. The summed E-state index contributed by atoms with van der Waals surface area (Å²) in [5.41, 5.74) is 7.11. The zero-order valence-corrected chi connectivity index (χ0v) is 22.9. The molecular formula is C28H32Cl2N4O4. The van der Waals surface area contributed by atoms with Crippen molar-refractivity contribution in [2.75, 3.05) is 32.9 Å². The first kappa shape index (κ1) is 27.0. The van der Waals surface area contributed by atoms with Gasteiger partial charge in [-0.15, -0.1) is 0 Å². The lowest BCUT2D eigenvalue weighted by Gasteiger charge is -2.26. The predicted molar refractivity (Wildman–Crippen MR) is 147 cm³/mol. The van der Waals surface area contributed by atoms with Crippen LogP contribution in [0.3, 0.4) is 0 Å². The van der Waals surface area contributed by atoms with Gasteiger partial charge in [0.15, 0.2) is 6.29 Å². The van der Waals surface area contributed by atoms with Crippen LogP contribution in [0.2, 0.25) is 10.0 Å². The molecule has 0 unspecified atom stereocenters. The lowest BCUT2D eigenvalue weighted by atomic mass is 10.0. The van der Waals surface area contributed by atoms with E-state index in [2.05, 4.69) is 5.43 Å². The van der Waals surface area contributed by atoms with Gasteiger partial charge in [0.05, 0.1) is 48.3 Å². The Morgan fingerprint density at radius 2 is 1.82 bits per heavy atom. The minimum atomic E-state index is -0.194. The Balaban J connectivity index is 1.38. The number of aromatic nitrogens is 2. The Hall–Kier alpha value is -2.62. The molecule has 1 amide bonds. The number of nitrogens with zero attached hydrogens (tertiary/aromatic N) is 3. The minimum Gasteiger partial charge on any atom is -0.493 e. The van der Waals surface area contributed by atoms with Gasteiger partial charge in [-0.1, -0.05) is 29.6 Å². The number of carbonyl (C=O) groups excluding carboxylic acids is 1.